The van der Waals surface area contributed by atoms with E-state index in [9.17, 15) is 4.79 Å². The summed E-state index contributed by atoms with van der Waals surface area (Å²) in [7, 11) is 0. The number of hydrogen-bond acceptors (Lipinski definition) is 4. The third-order valence-corrected chi connectivity index (χ3v) is 3.90. The number of amides is 1. The van der Waals surface area contributed by atoms with E-state index in [4.69, 9.17) is 4.84 Å². The van der Waals surface area contributed by atoms with Crippen molar-refractivity contribution in [3.8, 4) is 0 Å². The van der Waals surface area contributed by atoms with Crippen LogP contribution in [0.1, 0.15) is 31.0 Å². The molecular formula is C18H20N4O2. The van der Waals surface area contributed by atoms with Crippen LogP contribution in [0.4, 0.5) is 0 Å². The van der Waals surface area contributed by atoms with E-state index < -0.39 is 0 Å². The minimum absolute atomic E-state index is 0.0838. The van der Waals surface area contributed by atoms with Crippen LogP contribution < -0.4 is 10.2 Å². The van der Waals surface area contributed by atoms with Gasteiger partial charge >= 0.3 is 0 Å². The molecule has 24 heavy (non-hydrogen) atoms. The van der Waals surface area contributed by atoms with Gasteiger partial charge in [0, 0.05) is 0 Å². The summed E-state index contributed by atoms with van der Waals surface area (Å²) in [6.07, 6.45) is 1.00. The largest absolute Gasteiger partial charge is 0.385 e. The van der Waals surface area contributed by atoms with E-state index >= 15 is 0 Å². The monoisotopic (exact) mass is 324 g/mol. The summed E-state index contributed by atoms with van der Waals surface area (Å²) in [6, 6.07) is 15.6. The van der Waals surface area contributed by atoms with Crippen LogP contribution in [0, 0.1) is 0 Å². The quantitative estimate of drug-likeness (QED) is 0.755. The number of aromatic nitrogens is 3. The number of carbonyl (C=O) groups excluding carboxylic acids is 1. The first-order valence-electron chi connectivity index (χ1n) is 7.99. The molecule has 124 valence electrons. The first-order chi connectivity index (χ1) is 11.7. The van der Waals surface area contributed by atoms with E-state index in [1.807, 2.05) is 43.3 Å². The van der Waals surface area contributed by atoms with Crippen LogP contribution in [0.2, 0.25) is 0 Å². The highest BCUT2D eigenvalue weighted by molar-refractivity contribution is 5.78. The van der Waals surface area contributed by atoms with Gasteiger partial charge in [-0.25, -0.2) is 0 Å². The molecule has 0 aliphatic carbocycles. The molecule has 1 aromatic heterocycles. The normalized spacial score (nSPS) is 12.1. The Morgan fingerprint density at radius 1 is 1.21 bits per heavy atom. The molecule has 0 fully saturated rings. The van der Waals surface area contributed by atoms with Crippen LogP contribution in [0.15, 0.2) is 48.5 Å². The molecule has 0 saturated heterocycles. The Morgan fingerprint density at radius 2 is 1.96 bits per heavy atom. The highest BCUT2D eigenvalue weighted by Gasteiger charge is 2.11. The van der Waals surface area contributed by atoms with Gasteiger partial charge < -0.3 is 10.2 Å². The molecule has 0 saturated carbocycles. The van der Waals surface area contributed by atoms with E-state index in [0.29, 0.717) is 0 Å². The molecule has 1 N–H and O–H groups in total. The third kappa shape index (κ3) is 3.53. The van der Waals surface area contributed by atoms with Crippen molar-refractivity contribution in [3.63, 3.8) is 0 Å². The summed E-state index contributed by atoms with van der Waals surface area (Å²) < 4.78 is 0. The molecular weight excluding hydrogens is 304 g/mol. The van der Waals surface area contributed by atoms with E-state index in [1.165, 1.54) is 10.4 Å². The predicted molar refractivity (Wildman–Crippen MR) is 91.4 cm³/mol. The smallest absolute Gasteiger partial charge is 0.261 e. The van der Waals surface area contributed by atoms with Gasteiger partial charge in [-0.2, -0.15) is 0 Å². The Bertz CT molecular complexity index is 826. The fourth-order valence-corrected chi connectivity index (χ4v) is 2.47. The van der Waals surface area contributed by atoms with Crippen molar-refractivity contribution in [3.05, 3.63) is 59.7 Å². The molecule has 3 rings (SSSR count). The molecule has 0 aliphatic rings. The maximum Gasteiger partial charge on any atom is 0.261 e. The lowest BCUT2D eigenvalue weighted by Crippen LogP contribution is -2.33. The highest BCUT2D eigenvalue weighted by atomic mass is 16.7. The van der Waals surface area contributed by atoms with Crippen molar-refractivity contribution in [2.45, 2.75) is 26.3 Å². The molecule has 3 aromatic rings. The molecule has 1 amide bonds. The number of hydrogen-bond donors (Lipinski definition) is 1. The number of rotatable bonds is 6. The summed E-state index contributed by atoms with van der Waals surface area (Å²) in [4.78, 5) is 18.8. The van der Waals surface area contributed by atoms with Crippen molar-refractivity contribution < 1.29 is 9.63 Å². The number of aryl methyl sites for hydroxylation is 1. The number of nitrogens with one attached hydrogen (secondary N) is 1. The Balaban J connectivity index is 1.57. The van der Waals surface area contributed by atoms with Gasteiger partial charge in [0.15, 0.2) is 6.61 Å². The van der Waals surface area contributed by atoms with Gasteiger partial charge in [0.1, 0.15) is 11.0 Å². The molecule has 0 unspecified atom stereocenters. The van der Waals surface area contributed by atoms with Crippen LogP contribution in [0.3, 0.4) is 0 Å². The molecule has 0 radical (unpaired) electrons. The van der Waals surface area contributed by atoms with Gasteiger partial charge in [0.25, 0.3) is 5.91 Å². The number of fused-ring (bicyclic) bond motifs is 1. The zero-order valence-corrected chi connectivity index (χ0v) is 13.8. The maximum absolute atomic E-state index is 12.1. The second-order valence-corrected chi connectivity index (χ2v) is 5.61. The van der Waals surface area contributed by atoms with Crippen LogP contribution in [-0.4, -0.2) is 27.7 Å². The summed E-state index contributed by atoms with van der Waals surface area (Å²) in [5.74, 6) is -0.207. The van der Waals surface area contributed by atoms with Gasteiger partial charge in [-0.15, -0.1) is 5.10 Å². The number of carbonyl (C=O) groups is 1. The van der Waals surface area contributed by atoms with E-state index in [0.717, 1.165) is 23.0 Å². The predicted octanol–water partition coefficient (Wildman–Crippen LogP) is 2.30. The molecule has 0 aliphatic heterocycles. The Hall–Kier alpha value is -2.89. The Labute approximate surface area is 140 Å². The van der Waals surface area contributed by atoms with Gasteiger partial charge in [0.2, 0.25) is 0 Å². The lowest BCUT2D eigenvalue weighted by molar-refractivity contribution is -0.127. The first-order valence-corrected chi connectivity index (χ1v) is 7.99. The SMILES string of the molecule is CCc1ccc([C@H](C)NC(=O)COn2nnc3ccccc32)cc1. The molecule has 6 heteroatoms. The standard InChI is InChI=1S/C18H20N4O2/c1-3-14-8-10-15(11-9-14)13(2)19-18(23)12-24-22-17-7-5-4-6-16(17)20-21-22/h4-11,13H,3,12H2,1-2H3,(H,19,23)/t13-/m0/s1. The molecule has 6 nitrogen and oxygen atoms in total. The summed E-state index contributed by atoms with van der Waals surface area (Å²) in [5.41, 5.74) is 3.79. The fourth-order valence-electron chi connectivity index (χ4n) is 2.47. The summed E-state index contributed by atoms with van der Waals surface area (Å²) in [5, 5.41) is 10.8. The average molecular weight is 324 g/mol. The molecule has 0 bridgehead atoms. The van der Waals surface area contributed by atoms with Crippen molar-refractivity contribution in [2.24, 2.45) is 0 Å². The second kappa shape index (κ2) is 7.12. The first kappa shape index (κ1) is 16.0. The zero-order valence-electron chi connectivity index (χ0n) is 13.8. The van der Waals surface area contributed by atoms with E-state index in [-0.39, 0.29) is 18.6 Å². The molecule has 1 heterocycles. The fraction of sp³-hybridized carbons (Fsp3) is 0.278. The third-order valence-electron chi connectivity index (χ3n) is 3.90. The van der Waals surface area contributed by atoms with Crippen LogP contribution in [0.5, 0.6) is 0 Å². The highest BCUT2D eigenvalue weighted by Crippen LogP contribution is 2.13. The van der Waals surface area contributed by atoms with Gasteiger partial charge in [-0.3, -0.25) is 4.79 Å². The second-order valence-electron chi connectivity index (χ2n) is 5.61. The zero-order chi connectivity index (χ0) is 16.9. The Kier molecular flexibility index (Phi) is 4.74. The lowest BCUT2D eigenvalue weighted by Gasteiger charge is -2.15. The van der Waals surface area contributed by atoms with Crippen molar-refractivity contribution in [1.82, 2.24) is 20.5 Å². The van der Waals surface area contributed by atoms with Crippen LogP contribution in [-0.2, 0) is 11.2 Å². The van der Waals surface area contributed by atoms with Crippen molar-refractivity contribution >= 4 is 16.9 Å². The van der Waals surface area contributed by atoms with Gasteiger partial charge in [0.05, 0.1) is 6.04 Å². The van der Waals surface area contributed by atoms with E-state index in [2.05, 4.69) is 34.7 Å². The maximum atomic E-state index is 12.1. The van der Waals surface area contributed by atoms with E-state index in [1.54, 1.807) is 0 Å². The Morgan fingerprint density at radius 3 is 2.71 bits per heavy atom. The summed E-state index contributed by atoms with van der Waals surface area (Å²) in [6.45, 7) is 3.94. The number of para-hydroxylation sites is 1. The topological polar surface area (TPSA) is 69.0 Å². The van der Waals surface area contributed by atoms with Crippen LogP contribution in [0.25, 0.3) is 11.0 Å². The minimum Gasteiger partial charge on any atom is -0.385 e. The van der Waals surface area contributed by atoms with Crippen molar-refractivity contribution in [2.75, 3.05) is 6.61 Å². The van der Waals surface area contributed by atoms with Crippen molar-refractivity contribution in [1.29, 1.82) is 0 Å². The average Bonchev–Trinajstić information content (AvgIpc) is 3.03. The van der Waals surface area contributed by atoms with Gasteiger partial charge in [-0.05, 0) is 41.8 Å². The van der Waals surface area contributed by atoms with Crippen LogP contribution >= 0.6 is 0 Å². The number of nitrogens with zero attached hydrogens (tertiary/aromatic N) is 3. The summed E-state index contributed by atoms with van der Waals surface area (Å²) >= 11 is 0. The molecule has 2 aromatic carbocycles. The number of benzene rings is 2. The molecule has 1 atom stereocenters. The minimum atomic E-state index is -0.207. The van der Waals surface area contributed by atoms with Gasteiger partial charge in [-0.1, -0.05) is 48.2 Å². The molecule has 0 spiro atoms. The lowest BCUT2D eigenvalue weighted by atomic mass is 10.1.